The first kappa shape index (κ1) is 15.6. The maximum absolute atomic E-state index is 4.52. The first-order valence-corrected chi connectivity index (χ1v) is 8.31. The Kier molecular flexibility index (Phi) is 5.25. The maximum Gasteiger partial charge on any atom is 0.0674 e. The second-order valence-corrected chi connectivity index (χ2v) is 6.97. The van der Waals surface area contributed by atoms with Crippen LogP contribution in [0.3, 0.4) is 0 Å². The average molecular weight is 277 g/mol. The molecule has 0 amide bonds. The predicted molar refractivity (Wildman–Crippen MR) is 84.8 cm³/mol. The molecular formula is C17H31N3. The van der Waals surface area contributed by atoms with Gasteiger partial charge in [-0.1, -0.05) is 34.1 Å². The van der Waals surface area contributed by atoms with Crippen molar-refractivity contribution in [3.8, 4) is 0 Å². The molecule has 0 spiro atoms. The summed E-state index contributed by atoms with van der Waals surface area (Å²) >= 11 is 0. The number of nitrogens with one attached hydrogen (secondary N) is 1. The highest BCUT2D eigenvalue weighted by Crippen LogP contribution is 2.43. The summed E-state index contributed by atoms with van der Waals surface area (Å²) in [7, 11) is 0. The lowest BCUT2D eigenvalue weighted by atomic mass is 9.67. The van der Waals surface area contributed by atoms with Gasteiger partial charge >= 0.3 is 0 Å². The van der Waals surface area contributed by atoms with Gasteiger partial charge in [0, 0.05) is 18.4 Å². The zero-order valence-corrected chi connectivity index (χ0v) is 13.6. The molecule has 114 valence electrons. The van der Waals surface area contributed by atoms with E-state index in [0.717, 1.165) is 12.5 Å². The van der Waals surface area contributed by atoms with Gasteiger partial charge < -0.3 is 5.32 Å². The second kappa shape index (κ2) is 6.75. The molecule has 3 heteroatoms. The smallest absolute Gasteiger partial charge is 0.0674 e. The molecule has 1 aromatic heterocycles. The maximum atomic E-state index is 4.52. The normalized spacial score (nSPS) is 27.7. The fraction of sp³-hybridized carbons (Fsp3) is 0.824. The van der Waals surface area contributed by atoms with Crippen molar-refractivity contribution in [1.29, 1.82) is 0 Å². The van der Waals surface area contributed by atoms with E-state index in [4.69, 9.17) is 0 Å². The average Bonchev–Trinajstić information content (AvgIpc) is 2.99. The van der Waals surface area contributed by atoms with Crippen LogP contribution in [0.25, 0.3) is 0 Å². The van der Waals surface area contributed by atoms with Crippen molar-refractivity contribution in [1.82, 2.24) is 15.1 Å². The van der Waals surface area contributed by atoms with E-state index in [2.05, 4.69) is 49.0 Å². The van der Waals surface area contributed by atoms with Gasteiger partial charge in [-0.15, -0.1) is 0 Å². The van der Waals surface area contributed by atoms with Crippen molar-refractivity contribution in [2.45, 2.75) is 71.9 Å². The Labute approximate surface area is 124 Å². The Balaban J connectivity index is 2.11. The minimum absolute atomic E-state index is 0.446. The minimum Gasteiger partial charge on any atom is -0.312 e. The summed E-state index contributed by atoms with van der Waals surface area (Å²) in [5, 5.41) is 8.26. The van der Waals surface area contributed by atoms with E-state index in [1.807, 2.05) is 12.3 Å². The van der Waals surface area contributed by atoms with Gasteiger partial charge in [-0.05, 0) is 49.6 Å². The molecule has 1 heterocycles. The summed E-state index contributed by atoms with van der Waals surface area (Å²) in [5.41, 5.74) is 0.446. The third kappa shape index (κ3) is 3.43. The van der Waals surface area contributed by atoms with Crippen LogP contribution in [-0.2, 0) is 0 Å². The molecule has 1 fully saturated rings. The van der Waals surface area contributed by atoms with Crippen LogP contribution in [0, 0.1) is 11.3 Å². The lowest BCUT2D eigenvalue weighted by molar-refractivity contribution is 0.0961. The quantitative estimate of drug-likeness (QED) is 0.851. The van der Waals surface area contributed by atoms with E-state index in [1.165, 1.54) is 32.1 Å². The van der Waals surface area contributed by atoms with Crippen LogP contribution in [0.4, 0.5) is 0 Å². The van der Waals surface area contributed by atoms with Gasteiger partial charge in [0.25, 0.3) is 0 Å². The van der Waals surface area contributed by atoms with Crippen LogP contribution in [0.5, 0.6) is 0 Å². The van der Waals surface area contributed by atoms with Crippen LogP contribution in [-0.4, -0.2) is 22.4 Å². The summed E-state index contributed by atoms with van der Waals surface area (Å²) in [5.74, 6) is 0.807. The Morgan fingerprint density at radius 2 is 2.10 bits per heavy atom. The van der Waals surface area contributed by atoms with Gasteiger partial charge in [0.05, 0.1) is 6.04 Å². The van der Waals surface area contributed by atoms with Crippen molar-refractivity contribution in [3.63, 3.8) is 0 Å². The highest BCUT2D eigenvalue weighted by molar-refractivity contribution is 4.94. The zero-order valence-electron chi connectivity index (χ0n) is 13.6. The molecule has 1 saturated carbocycles. The molecule has 1 aliphatic carbocycles. The third-order valence-electron chi connectivity index (χ3n) is 5.35. The number of hydrogen-bond acceptors (Lipinski definition) is 2. The Morgan fingerprint density at radius 1 is 1.30 bits per heavy atom. The highest BCUT2D eigenvalue weighted by atomic mass is 15.3. The number of aromatic nitrogens is 2. The lowest BCUT2D eigenvalue weighted by Crippen LogP contribution is -2.44. The van der Waals surface area contributed by atoms with Crippen molar-refractivity contribution in [2.24, 2.45) is 11.3 Å². The van der Waals surface area contributed by atoms with Crippen LogP contribution in [0.15, 0.2) is 18.5 Å². The SMILES string of the molecule is CCCNC1CCC(C(C)(C)CC)CC1n1cccn1. The predicted octanol–water partition coefficient (Wildman–Crippen LogP) is 4.03. The van der Waals surface area contributed by atoms with Gasteiger partial charge in [0.2, 0.25) is 0 Å². The Hall–Kier alpha value is -0.830. The molecule has 20 heavy (non-hydrogen) atoms. The lowest BCUT2D eigenvalue weighted by Gasteiger charge is -2.43. The van der Waals surface area contributed by atoms with E-state index in [0.29, 0.717) is 17.5 Å². The van der Waals surface area contributed by atoms with E-state index in [1.54, 1.807) is 0 Å². The zero-order chi connectivity index (χ0) is 14.6. The summed E-state index contributed by atoms with van der Waals surface area (Å²) < 4.78 is 2.19. The second-order valence-electron chi connectivity index (χ2n) is 6.97. The van der Waals surface area contributed by atoms with Gasteiger partial charge in [0.15, 0.2) is 0 Å². The van der Waals surface area contributed by atoms with Crippen molar-refractivity contribution in [2.75, 3.05) is 6.54 Å². The molecule has 3 unspecified atom stereocenters. The van der Waals surface area contributed by atoms with Crippen molar-refractivity contribution in [3.05, 3.63) is 18.5 Å². The largest absolute Gasteiger partial charge is 0.312 e. The Morgan fingerprint density at radius 3 is 2.70 bits per heavy atom. The highest BCUT2D eigenvalue weighted by Gasteiger charge is 2.37. The van der Waals surface area contributed by atoms with Gasteiger partial charge in [-0.3, -0.25) is 4.68 Å². The van der Waals surface area contributed by atoms with E-state index in [-0.39, 0.29) is 0 Å². The van der Waals surface area contributed by atoms with Crippen LogP contribution < -0.4 is 5.32 Å². The fourth-order valence-corrected chi connectivity index (χ4v) is 3.48. The summed E-state index contributed by atoms with van der Waals surface area (Å²) in [6, 6.07) is 3.14. The van der Waals surface area contributed by atoms with Crippen molar-refractivity contribution < 1.29 is 0 Å². The summed E-state index contributed by atoms with van der Waals surface area (Å²) in [6.45, 7) is 10.5. The topological polar surface area (TPSA) is 29.9 Å². The summed E-state index contributed by atoms with van der Waals surface area (Å²) in [6.07, 6.45) is 10.4. The molecular weight excluding hydrogens is 246 g/mol. The van der Waals surface area contributed by atoms with E-state index >= 15 is 0 Å². The number of rotatable bonds is 6. The first-order valence-electron chi connectivity index (χ1n) is 8.31. The van der Waals surface area contributed by atoms with E-state index in [9.17, 15) is 0 Å². The summed E-state index contributed by atoms with van der Waals surface area (Å²) in [4.78, 5) is 0. The molecule has 1 aromatic rings. The molecule has 3 atom stereocenters. The fourth-order valence-electron chi connectivity index (χ4n) is 3.48. The third-order valence-corrected chi connectivity index (χ3v) is 5.35. The van der Waals surface area contributed by atoms with Gasteiger partial charge in [0.1, 0.15) is 0 Å². The van der Waals surface area contributed by atoms with E-state index < -0.39 is 0 Å². The van der Waals surface area contributed by atoms with Gasteiger partial charge in [-0.2, -0.15) is 5.10 Å². The molecule has 0 aliphatic heterocycles. The molecule has 1 aliphatic rings. The molecule has 3 nitrogen and oxygen atoms in total. The Bertz CT molecular complexity index is 383. The molecule has 2 rings (SSSR count). The molecule has 0 bridgehead atoms. The number of hydrogen-bond donors (Lipinski definition) is 1. The van der Waals surface area contributed by atoms with Gasteiger partial charge in [-0.25, -0.2) is 0 Å². The molecule has 0 radical (unpaired) electrons. The van der Waals surface area contributed by atoms with Crippen LogP contribution >= 0.6 is 0 Å². The molecule has 0 saturated heterocycles. The minimum atomic E-state index is 0.446. The van der Waals surface area contributed by atoms with Crippen molar-refractivity contribution >= 4 is 0 Å². The standard InChI is InChI=1S/C17H31N3/c1-5-10-18-15-9-8-14(17(3,4)6-2)13-16(15)20-12-7-11-19-20/h7,11-12,14-16,18H,5-6,8-10,13H2,1-4H3. The van der Waals surface area contributed by atoms with Crippen LogP contribution in [0.1, 0.15) is 65.8 Å². The first-order chi connectivity index (χ1) is 9.58. The number of nitrogens with zero attached hydrogens (tertiary/aromatic N) is 2. The molecule has 1 N–H and O–H groups in total. The van der Waals surface area contributed by atoms with Crippen LogP contribution in [0.2, 0.25) is 0 Å². The monoisotopic (exact) mass is 277 g/mol. The molecule has 0 aromatic carbocycles.